The maximum Gasteiger partial charge on any atom is 0.414 e. The molecule has 0 unspecified atom stereocenters. The summed E-state index contributed by atoms with van der Waals surface area (Å²) in [7, 11) is -3.69. The molecule has 0 N–H and O–H groups in total. The molecule has 8 heteroatoms. The molecule has 7 nitrogen and oxygen atoms in total. The number of benzene rings is 2. The van der Waals surface area contributed by atoms with Crippen molar-refractivity contribution in [1.29, 1.82) is 0 Å². The number of hydrogen-bond acceptors (Lipinski definition) is 5. The molecule has 4 rings (SSSR count). The highest BCUT2D eigenvalue weighted by molar-refractivity contribution is 7.89. The fraction of sp³-hybridized carbons (Fsp3) is 0.435. The zero-order valence-corrected chi connectivity index (χ0v) is 18.9. The zero-order valence-electron chi connectivity index (χ0n) is 18.1. The normalized spacial score (nSPS) is 17.9. The molecule has 2 aliphatic heterocycles. The van der Waals surface area contributed by atoms with Gasteiger partial charge in [-0.25, -0.2) is 13.2 Å². The molecule has 1 amide bonds. The Hall–Kier alpha value is -2.58. The second kappa shape index (κ2) is 8.51. The molecule has 1 saturated heterocycles. The number of aryl methyl sites for hydroxylation is 2. The minimum Gasteiger partial charge on any atom is -0.492 e. The molecular formula is C23H28N2O5S. The zero-order chi connectivity index (χ0) is 22.2. The molecular weight excluding hydrogens is 416 g/mol. The predicted molar refractivity (Wildman–Crippen MR) is 118 cm³/mol. The van der Waals surface area contributed by atoms with Crippen LogP contribution in [0, 0.1) is 13.8 Å². The first kappa shape index (κ1) is 21.6. The van der Waals surface area contributed by atoms with Gasteiger partial charge in [-0.1, -0.05) is 24.3 Å². The van der Waals surface area contributed by atoms with E-state index in [1.165, 1.54) is 4.31 Å². The lowest BCUT2D eigenvalue weighted by Gasteiger charge is -2.40. The fourth-order valence-corrected chi connectivity index (χ4v) is 5.97. The summed E-state index contributed by atoms with van der Waals surface area (Å²) in [5, 5.41) is 0. The summed E-state index contributed by atoms with van der Waals surface area (Å²) in [6, 6.07) is 11.0. The lowest BCUT2D eigenvalue weighted by molar-refractivity contribution is 0.135. The number of nitrogens with zero attached hydrogens (tertiary/aromatic N) is 2. The van der Waals surface area contributed by atoms with Gasteiger partial charge >= 0.3 is 6.09 Å². The van der Waals surface area contributed by atoms with Gasteiger partial charge in [0.25, 0.3) is 0 Å². The van der Waals surface area contributed by atoms with Gasteiger partial charge in [0.2, 0.25) is 10.0 Å². The van der Waals surface area contributed by atoms with Crippen LogP contribution in [0.3, 0.4) is 0 Å². The van der Waals surface area contributed by atoms with Crippen molar-refractivity contribution in [3.8, 4) is 5.75 Å². The van der Waals surface area contributed by atoms with Crippen LogP contribution in [0.2, 0.25) is 0 Å². The summed E-state index contributed by atoms with van der Waals surface area (Å²) in [5.74, 6) is 0.383. The second-order valence-corrected chi connectivity index (χ2v) is 9.93. The molecule has 0 atom stereocenters. The van der Waals surface area contributed by atoms with Gasteiger partial charge in [0.1, 0.15) is 17.3 Å². The molecule has 2 heterocycles. The van der Waals surface area contributed by atoms with Gasteiger partial charge in [-0.05, 0) is 56.9 Å². The molecule has 0 radical (unpaired) electrons. The van der Waals surface area contributed by atoms with E-state index in [-0.39, 0.29) is 23.6 Å². The molecule has 2 aliphatic rings. The minimum atomic E-state index is -3.69. The maximum atomic E-state index is 13.3. The Bertz CT molecular complexity index is 1090. The summed E-state index contributed by atoms with van der Waals surface area (Å²) < 4.78 is 39.1. The highest BCUT2D eigenvalue weighted by Crippen LogP contribution is 2.36. The Labute approximate surface area is 183 Å². The quantitative estimate of drug-likeness (QED) is 0.696. The molecule has 31 heavy (non-hydrogen) atoms. The van der Waals surface area contributed by atoms with E-state index in [1.54, 1.807) is 23.1 Å². The molecule has 0 saturated carbocycles. The van der Waals surface area contributed by atoms with Crippen LogP contribution in [0.5, 0.6) is 5.75 Å². The number of fused-ring (bicyclic) bond motifs is 1. The first-order valence-electron chi connectivity index (χ1n) is 10.6. The summed E-state index contributed by atoms with van der Waals surface area (Å²) in [4.78, 5) is 14.5. The topological polar surface area (TPSA) is 76.2 Å². The molecule has 166 valence electrons. The Morgan fingerprint density at radius 2 is 1.87 bits per heavy atom. The van der Waals surface area contributed by atoms with Crippen molar-refractivity contribution in [1.82, 2.24) is 4.31 Å². The van der Waals surface area contributed by atoms with Crippen LogP contribution in [0.25, 0.3) is 0 Å². The standard InChI is InChI=1S/C23H28N2O5S/c1-4-29-20-14-16(2)8-9-21(20)31(27,28)24-12-10-19(11-13-24)25-22-17(3)6-5-7-18(22)15-30-23(25)26/h5-9,14,19H,4,10-13,15H2,1-3H3. The van der Waals surface area contributed by atoms with Crippen LogP contribution < -0.4 is 9.64 Å². The van der Waals surface area contributed by atoms with Gasteiger partial charge in [0.15, 0.2) is 0 Å². The van der Waals surface area contributed by atoms with Crippen LogP contribution in [0.15, 0.2) is 41.3 Å². The Balaban J connectivity index is 1.55. The monoisotopic (exact) mass is 444 g/mol. The number of ether oxygens (including phenoxy) is 2. The number of carbonyl (C=O) groups is 1. The smallest absolute Gasteiger partial charge is 0.414 e. The van der Waals surface area contributed by atoms with E-state index < -0.39 is 10.0 Å². The summed E-state index contributed by atoms with van der Waals surface area (Å²) >= 11 is 0. The van der Waals surface area contributed by atoms with E-state index in [0.29, 0.717) is 38.3 Å². The predicted octanol–water partition coefficient (Wildman–Crippen LogP) is 4.01. The van der Waals surface area contributed by atoms with Crippen molar-refractivity contribution in [2.45, 2.75) is 51.2 Å². The number of para-hydroxylation sites is 1. The SMILES string of the molecule is CCOc1cc(C)ccc1S(=O)(=O)N1CCC(N2C(=O)OCc3cccc(C)c32)CC1. The van der Waals surface area contributed by atoms with Crippen molar-refractivity contribution in [3.63, 3.8) is 0 Å². The van der Waals surface area contributed by atoms with Gasteiger partial charge in [-0.3, -0.25) is 4.90 Å². The highest BCUT2D eigenvalue weighted by Gasteiger charge is 2.38. The number of sulfonamides is 1. The van der Waals surface area contributed by atoms with Crippen LogP contribution in [-0.4, -0.2) is 44.6 Å². The average Bonchev–Trinajstić information content (AvgIpc) is 2.74. The maximum absolute atomic E-state index is 13.3. The Kier molecular flexibility index (Phi) is 5.94. The van der Waals surface area contributed by atoms with Crippen molar-refractivity contribution in [2.75, 3.05) is 24.6 Å². The number of piperidine rings is 1. The summed E-state index contributed by atoms with van der Waals surface area (Å²) in [6.45, 7) is 7.05. The number of amides is 1. The lowest BCUT2D eigenvalue weighted by Crippen LogP contribution is -2.50. The number of rotatable bonds is 5. The van der Waals surface area contributed by atoms with Crippen molar-refractivity contribution < 1.29 is 22.7 Å². The van der Waals surface area contributed by atoms with Crippen molar-refractivity contribution in [3.05, 3.63) is 53.1 Å². The van der Waals surface area contributed by atoms with E-state index in [2.05, 4.69) is 0 Å². The van der Waals surface area contributed by atoms with Crippen LogP contribution in [0.1, 0.15) is 36.5 Å². The van der Waals surface area contributed by atoms with Crippen LogP contribution in [0.4, 0.5) is 10.5 Å². The molecule has 2 aromatic carbocycles. The molecule has 0 spiro atoms. The lowest BCUT2D eigenvalue weighted by atomic mass is 10.00. The van der Waals surface area contributed by atoms with Crippen LogP contribution in [-0.2, 0) is 21.4 Å². The molecule has 0 bridgehead atoms. The number of cyclic esters (lactones) is 1. The van der Waals surface area contributed by atoms with Gasteiger partial charge < -0.3 is 9.47 Å². The van der Waals surface area contributed by atoms with E-state index in [1.807, 2.05) is 39.0 Å². The van der Waals surface area contributed by atoms with Gasteiger partial charge in [0, 0.05) is 24.7 Å². The van der Waals surface area contributed by atoms with E-state index in [4.69, 9.17) is 9.47 Å². The Morgan fingerprint density at radius 3 is 2.58 bits per heavy atom. The minimum absolute atomic E-state index is 0.108. The van der Waals surface area contributed by atoms with Gasteiger partial charge in [-0.15, -0.1) is 0 Å². The third kappa shape index (κ3) is 4.02. The van der Waals surface area contributed by atoms with Crippen molar-refractivity contribution in [2.24, 2.45) is 0 Å². The van der Waals surface area contributed by atoms with Gasteiger partial charge in [-0.2, -0.15) is 4.31 Å². The number of carbonyl (C=O) groups excluding carboxylic acids is 1. The average molecular weight is 445 g/mol. The number of hydrogen-bond donors (Lipinski definition) is 0. The van der Waals surface area contributed by atoms with E-state index in [0.717, 1.165) is 22.4 Å². The second-order valence-electron chi connectivity index (χ2n) is 8.03. The third-order valence-corrected chi connectivity index (χ3v) is 7.85. The molecule has 1 fully saturated rings. The van der Waals surface area contributed by atoms with E-state index >= 15 is 0 Å². The first-order valence-corrected chi connectivity index (χ1v) is 12.0. The largest absolute Gasteiger partial charge is 0.492 e. The van der Waals surface area contributed by atoms with Crippen LogP contribution >= 0.6 is 0 Å². The first-order chi connectivity index (χ1) is 14.8. The molecule has 0 aliphatic carbocycles. The molecule has 0 aromatic heterocycles. The fourth-order valence-electron chi connectivity index (χ4n) is 4.39. The summed E-state index contributed by atoms with van der Waals surface area (Å²) in [5.41, 5.74) is 3.84. The molecule has 2 aromatic rings. The third-order valence-electron chi connectivity index (χ3n) is 5.92. The van der Waals surface area contributed by atoms with Gasteiger partial charge in [0.05, 0.1) is 12.3 Å². The highest BCUT2D eigenvalue weighted by atomic mass is 32.2. The van der Waals surface area contributed by atoms with Crippen molar-refractivity contribution >= 4 is 21.8 Å². The van der Waals surface area contributed by atoms with E-state index in [9.17, 15) is 13.2 Å². The Morgan fingerprint density at radius 1 is 1.13 bits per heavy atom. The number of anilines is 1. The summed E-state index contributed by atoms with van der Waals surface area (Å²) in [6.07, 6.45) is 0.718.